The molecule has 1 saturated carbocycles. The van der Waals surface area contributed by atoms with Crippen molar-refractivity contribution >= 4 is 5.91 Å². The first kappa shape index (κ1) is 7.80. The van der Waals surface area contributed by atoms with Gasteiger partial charge in [0.05, 0.1) is 18.1 Å². The van der Waals surface area contributed by atoms with Crippen molar-refractivity contribution in [3.63, 3.8) is 0 Å². The van der Waals surface area contributed by atoms with E-state index in [0.717, 1.165) is 19.3 Å². The minimum absolute atomic E-state index is 0.166. The first-order valence-electron chi connectivity index (χ1n) is 5.29. The van der Waals surface area contributed by atoms with Crippen LogP contribution in [-0.2, 0) is 9.53 Å². The predicted molar refractivity (Wildman–Crippen MR) is 47.2 cm³/mol. The number of nitrogens with one attached hydrogen (secondary N) is 1. The van der Waals surface area contributed by atoms with E-state index in [-0.39, 0.29) is 17.9 Å². The molecular formula is C10H15NO2. The maximum absolute atomic E-state index is 11.7. The Balaban J connectivity index is 1.61. The number of rotatable bonds is 2. The van der Waals surface area contributed by atoms with E-state index < -0.39 is 0 Å². The third-order valence-electron chi connectivity index (χ3n) is 3.37. The van der Waals surface area contributed by atoms with Crippen LogP contribution in [0.3, 0.4) is 0 Å². The number of ether oxygens (including phenoxy) is 1. The fourth-order valence-electron chi connectivity index (χ4n) is 2.45. The predicted octanol–water partition coefficient (Wildman–Crippen LogP) is 0.832. The summed E-state index contributed by atoms with van der Waals surface area (Å²) in [4.78, 5) is 11.7. The van der Waals surface area contributed by atoms with Crippen LogP contribution in [0, 0.1) is 5.92 Å². The Bertz CT molecular complexity index is 237. The minimum atomic E-state index is 0.166. The summed E-state index contributed by atoms with van der Waals surface area (Å²) < 4.78 is 5.65. The summed E-state index contributed by atoms with van der Waals surface area (Å²) in [6, 6.07) is 0.492. The maximum atomic E-state index is 11.7. The van der Waals surface area contributed by atoms with Crippen molar-refractivity contribution in [1.82, 2.24) is 5.32 Å². The fourth-order valence-corrected chi connectivity index (χ4v) is 2.45. The molecule has 3 aliphatic rings. The number of hydrogen-bond donors (Lipinski definition) is 1. The first-order valence-corrected chi connectivity index (χ1v) is 5.29. The monoisotopic (exact) mass is 181 g/mol. The van der Waals surface area contributed by atoms with Crippen LogP contribution in [0.25, 0.3) is 0 Å². The lowest BCUT2D eigenvalue weighted by Crippen LogP contribution is -2.37. The zero-order valence-corrected chi connectivity index (χ0v) is 7.66. The van der Waals surface area contributed by atoms with Gasteiger partial charge in [0, 0.05) is 6.04 Å². The second kappa shape index (κ2) is 2.71. The van der Waals surface area contributed by atoms with Gasteiger partial charge in [-0.05, 0) is 32.1 Å². The summed E-state index contributed by atoms with van der Waals surface area (Å²) in [5.74, 6) is 0.411. The molecule has 2 saturated heterocycles. The van der Waals surface area contributed by atoms with Crippen molar-refractivity contribution in [2.24, 2.45) is 5.92 Å². The van der Waals surface area contributed by atoms with Crippen LogP contribution in [0.5, 0.6) is 0 Å². The molecule has 3 fully saturated rings. The Kier molecular flexibility index (Phi) is 1.62. The lowest BCUT2D eigenvalue weighted by Gasteiger charge is -2.17. The van der Waals surface area contributed by atoms with E-state index in [1.165, 1.54) is 12.8 Å². The quantitative estimate of drug-likeness (QED) is 0.685. The molecule has 0 radical (unpaired) electrons. The van der Waals surface area contributed by atoms with Gasteiger partial charge < -0.3 is 10.1 Å². The molecular weight excluding hydrogens is 166 g/mol. The van der Waals surface area contributed by atoms with Gasteiger partial charge in [0.25, 0.3) is 0 Å². The molecule has 0 unspecified atom stereocenters. The van der Waals surface area contributed by atoms with Crippen molar-refractivity contribution in [1.29, 1.82) is 0 Å². The van der Waals surface area contributed by atoms with Crippen molar-refractivity contribution in [3.05, 3.63) is 0 Å². The van der Waals surface area contributed by atoms with E-state index in [0.29, 0.717) is 12.1 Å². The maximum Gasteiger partial charge on any atom is 0.226 e. The Morgan fingerprint density at radius 1 is 1.23 bits per heavy atom. The highest BCUT2D eigenvalue weighted by Crippen LogP contribution is 2.39. The molecule has 0 aromatic heterocycles. The molecule has 1 N–H and O–H groups in total. The lowest BCUT2D eigenvalue weighted by molar-refractivity contribution is -0.126. The molecule has 0 aromatic rings. The van der Waals surface area contributed by atoms with Gasteiger partial charge in [0.1, 0.15) is 0 Å². The van der Waals surface area contributed by atoms with Crippen LogP contribution in [-0.4, -0.2) is 24.2 Å². The van der Waals surface area contributed by atoms with Gasteiger partial charge in [-0.1, -0.05) is 0 Å². The molecule has 3 heteroatoms. The van der Waals surface area contributed by atoms with Crippen LogP contribution in [0.4, 0.5) is 0 Å². The molecule has 0 aromatic carbocycles. The number of carbonyl (C=O) groups excluding carboxylic acids is 1. The van der Waals surface area contributed by atoms with Crippen LogP contribution >= 0.6 is 0 Å². The standard InChI is InChI=1S/C10H15NO2/c12-10(11-6-1-2-6)8-5-7-3-4-9(8)13-7/h6-9H,1-5H2,(H,11,12)/t7-,8-,9+/m1/s1. The van der Waals surface area contributed by atoms with E-state index in [9.17, 15) is 4.79 Å². The van der Waals surface area contributed by atoms with Crippen LogP contribution in [0.2, 0.25) is 0 Å². The van der Waals surface area contributed by atoms with E-state index >= 15 is 0 Å². The molecule has 72 valence electrons. The smallest absolute Gasteiger partial charge is 0.226 e. The second-order valence-corrected chi connectivity index (χ2v) is 4.50. The molecule has 3 rings (SSSR count). The molecule has 2 heterocycles. The molecule has 2 bridgehead atoms. The molecule has 3 nitrogen and oxygen atoms in total. The Labute approximate surface area is 77.8 Å². The van der Waals surface area contributed by atoms with Gasteiger partial charge in [-0.25, -0.2) is 0 Å². The summed E-state index contributed by atoms with van der Waals surface area (Å²) in [6.07, 6.45) is 6.19. The molecule has 1 aliphatic carbocycles. The van der Waals surface area contributed by atoms with Gasteiger partial charge in [0.15, 0.2) is 0 Å². The number of fused-ring (bicyclic) bond motifs is 2. The fraction of sp³-hybridized carbons (Fsp3) is 0.900. The average Bonchev–Trinajstić information content (AvgIpc) is 2.71. The lowest BCUT2D eigenvalue weighted by atomic mass is 9.88. The highest BCUT2D eigenvalue weighted by molar-refractivity contribution is 5.80. The van der Waals surface area contributed by atoms with Crippen LogP contribution in [0.1, 0.15) is 32.1 Å². The Morgan fingerprint density at radius 2 is 2.08 bits per heavy atom. The molecule has 13 heavy (non-hydrogen) atoms. The SMILES string of the molecule is O=C(NC1CC1)[C@@H]1C[C@H]2CC[C@@H]1O2. The normalized spacial score (nSPS) is 42.3. The molecule has 2 aliphatic heterocycles. The zero-order chi connectivity index (χ0) is 8.84. The highest BCUT2D eigenvalue weighted by atomic mass is 16.5. The van der Waals surface area contributed by atoms with Gasteiger partial charge in [-0.3, -0.25) is 4.79 Å². The average molecular weight is 181 g/mol. The summed E-state index contributed by atoms with van der Waals surface area (Å²) in [5, 5.41) is 3.06. The third-order valence-corrected chi connectivity index (χ3v) is 3.37. The molecule has 0 spiro atoms. The van der Waals surface area contributed by atoms with E-state index in [1.54, 1.807) is 0 Å². The number of hydrogen-bond acceptors (Lipinski definition) is 2. The van der Waals surface area contributed by atoms with Crippen molar-refractivity contribution in [2.45, 2.75) is 50.4 Å². The third kappa shape index (κ3) is 1.35. The van der Waals surface area contributed by atoms with E-state index in [4.69, 9.17) is 4.74 Å². The van der Waals surface area contributed by atoms with E-state index in [1.807, 2.05) is 0 Å². The summed E-state index contributed by atoms with van der Waals surface area (Å²) >= 11 is 0. The van der Waals surface area contributed by atoms with Crippen LogP contribution < -0.4 is 5.32 Å². The highest BCUT2D eigenvalue weighted by Gasteiger charge is 2.45. The first-order chi connectivity index (χ1) is 6.33. The van der Waals surface area contributed by atoms with E-state index in [2.05, 4.69) is 5.32 Å². The topological polar surface area (TPSA) is 38.3 Å². The second-order valence-electron chi connectivity index (χ2n) is 4.50. The molecule has 3 atom stereocenters. The van der Waals surface area contributed by atoms with Crippen molar-refractivity contribution in [3.8, 4) is 0 Å². The summed E-state index contributed by atoms with van der Waals surface area (Å²) in [5.41, 5.74) is 0. The largest absolute Gasteiger partial charge is 0.374 e. The number of carbonyl (C=O) groups is 1. The zero-order valence-electron chi connectivity index (χ0n) is 7.66. The van der Waals surface area contributed by atoms with Gasteiger partial charge in [0.2, 0.25) is 5.91 Å². The Hall–Kier alpha value is -0.570. The van der Waals surface area contributed by atoms with Crippen LogP contribution in [0.15, 0.2) is 0 Å². The van der Waals surface area contributed by atoms with Gasteiger partial charge in [-0.2, -0.15) is 0 Å². The van der Waals surface area contributed by atoms with Crippen molar-refractivity contribution in [2.75, 3.05) is 0 Å². The minimum Gasteiger partial charge on any atom is -0.374 e. The van der Waals surface area contributed by atoms with Gasteiger partial charge >= 0.3 is 0 Å². The summed E-state index contributed by atoms with van der Waals surface area (Å²) in [7, 11) is 0. The number of amides is 1. The van der Waals surface area contributed by atoms with Gasteiger partial charge in [-0.15, -0.1) is 0 Å². The summed E-state index contributed by atoms with van der Waals surface area (Å²) in [6.45, 7) is 0. The Morgan fingerprint density at radius 3 is 2.62 bits per heavy atom. The molecule has 1 amide bonds. The van der Waals surface area contributed by atoms with Crippen molar-refractivity contribution < 1.29 is 9.53 Å².